The van der Waals surface area contributed by atoms with Crippen molar-refractivity contribution in [1.82, 2.24) is 5.32 Å². The summed E-state index contributed by atoms with van der Waals surface area (Å²) in [4.78, 5) is 13.4. The largest absolute Gasteiger partial charge is 0.374 e. The average Bonchev–Trinajstić information content (AvgIpc) is 2.82. The van der Waals surface area contributed by atoms with E-state index in [1.54, 1.807) is 6.07 Å². The van der Waals surface area contributed by atoms with Crippen molar-refractivity contribution in [3.8, 4) is 11.8 Å². The minimum Gasteiger partial charge on any atom is -0.374 e. The van der Waals surface area contributed by atoms with Gasteiger partial charge >= 0.3 is 0 Å². The lowest BCUT2D eigenvalue weighted by Gasteiger charge is -2.24. The lowest BCUT2D eigenvalue weighted by molar-refractivity contribution is -0.00812. The number of nitrogens with two attached hydrogens (primary N) is 1. The van der Waals surface area contributed by atoms with Crippen molar-refractivity contribution in [1.29, 1.82) is 0 Å². The van der Waals surface area contributed by atoms with Crippen molar-refractivity contribution in [2.24, 2.45) is 5.73 Å². The molecule has 1 aromatic rings. The molecule has 104 valence electrons. The Labute approximate surface area is 118 Å². The number of nitrogens with one attached hydrogen (secondary N) is 1. The van der Waals surface area contributed by atoms with Crippen LogP contribution in [0, 0.1) is 11.8 Å². The highest BCUT2D eigenvalue weighted by Crippen LogP contribution is 2.15. The number of ether oxygens (including phenoxy) is 1. The smallest absolute Gasteiger partial charge is 0.261 e. The third-order valence-corrected chi connectivity index (χ3v) is 3.35. The highest BCUT2D eigenvalue weighted by molar-refractivity contribution is 7.14. The second kappa shape index (κ2) is 7.29. The molecular weight excluding hydrogens is 260 g/mol. The molecule has 0 bridgehead atoms. The summed E-state index contributed by atoms with van der Waals surface area (Å²) in [5, 5.41) is 2.87. The van der Waals surface area contributed by atoms with E-state index >= 15 is 0 Å². The first-order chi connectivity index (χ1) is 8.98. The normalized spacial score (nSPS) is 10.7. The van der Waals surface area contributed by atoms with E-state index in [0.29, 0.717) is 24.6 Å². The Morgan fingerprint density at radius 2 is 2.26 bits per heavy atom. The van der Waals surface area contributed by atoms with E-state index in [4.69, 9.17) is 10.5 Å². The fourth-order valence-electron chi connectivity index (χ4n) is 1.49. The summed E-state index contributed by atoms with van der Waals surface area (Å²) in [6, 6.07) is 3.60. The maximum absolute atomic E-state index is 12.0. The molecule has 0 fully saturated rings. The minimum absolute atomic E-state index is 0.0985. The van der Waals surface area contributed by atoms with Gasteiger partial charge in [0, 0.05) is 13.2 Å². The van der Waals surface area contributed by atoms with Gasteiger partial charge in [0.05, 0.1) is 21.9 Å². The van der Waals surface area contributed by atoms with Gasteiger partial charge in [-0.2, -0.15) is 0 Å². The van der Waals surface area contributed by atoms with Crippen molar-refractivity contribution in [3.05, 3.63) is 21.9 Å². The Balaban J connectivity index is 2.56. The summed E-state index contributed by atoms with van der Waals surface area (Å²) in [6.45, 7) is 7.25. The quantitative estimate of drug-likeness (QED) is 0.805. The maximum atomic E-state index is 12.0. The average molecular weight is 280 g/mol. The maximum Gasteiger partial charge on any atom is 0.261 e. The van der Waals surface area contributed by atoms with Crippen molar-refractivity contribution < 1.29 is 9.53 Å². The predicted molar refractivity (Wildman–Crippen MR) is 78.3 cm³/mol. The van der Waals surface area contributed by atoms with Crippen LogP contribution in [-0.2, 0) is 4.74 Å². The van der Waals surface area contributed by atoms with Crippen LogP contribution in [0.1, 0.15) is 35.3 Å². The molecule has 0 saturated heterocycles. The molecule has 0 atom stereocenters. The van der Waals surface area contributed by atoms with Crippen LogP contribution in [-0.4, -0.2) is 31.2 Å². The van der Waals surface area contributed by atoms with E-state index in [1.165, 1.54) is 11.3 Å². The fraction of sp³-hybridized carbons (Fsp3) is 0.500. The van der Waals surface area contributed by atoms with Gasteiger partial charge in [-0.25, -0.2) is 0 Å². The van der Waals surface area contributed by atoms with Crippen molar-refractivity contribution in [3.63, 3.8) is 0 Å². The van der Waals surface area contributed by atoms with E-state index < -0.39 is 0 Å². The first kappa shape index (κ1) is 15.7. The molecule has 5 heteroatoms. The number of thiophene rings is 1. The standard InChI is InChI=1S/C14H20N2O2S/c1-4-18-14(2,3)10-16-13(17)12-8-7-11(19-12)6-5-9-15/h7-8H,4,9-10,15H2,1-3H3,(H,16,17). The Bertz CT molecular complexity index is 483. The molecule has 0 saturated carbocycles. The van der Waals surface area contributed by atoms with E-state index in [-0.39, 0.29) is 11.5 Å². The summed E-state index contributed by atoms with van der Waals surface area (Å²) < 4.78 is 5.53. The zero-order chi connectivity index (χ0) is 14.3. The predicted octanol–water partition coefficient (Wildman–Crippen LogP) is 1.60. The van der Waals surface area contributed by atoms with Crippen LogP contribution in [0.2, 0.25) is 0 Å². The number of amides is 1. The molecule has 0 radical (unpaired) electrons. The number of carbonyl (C=O) groups is 1. The van der Waals surface area contributed by atoms with Gasteiger partial charge in [0.1, 0.15) is 0 Å². The Hall–Kier alpha value is -1.35. The molecule has 0 aliphatic rings. The summed E-state index contributed by atoms with van der Waals surface area (Å²) in [6.07, 6.45) is 0. The van der Waals surface area contributed by atoms with Gasteiger partial charge in [-0.1, -0.05) is 11.8 Å². The Kier molecular flexibility index (Phi) is 6.03. The lowest BCUT2D eigenvalue weighted by atomic mass is 10.1. The minimum atomic E-state index is -0.357. The Morgan fingerprint density at radius 1 is 1.53 bits per heavy atom. The van der Waals surface area contributed by atoms with Crippen LogP contribution in [0.15, 0.2) is 12.1 Å². The van der Waals surface area contributed by atoms with Crippen LogP contribution >= 0.6 is 11.3 Å². The second-order valence-electron chi connectivity index (χ2n) is 4.55. The van der Waals surface area contributed by atoms with Crippen molar-refractivity contribution >= 4 is 17.2 Å². The van der Waals surface area contributed by atoms with Gasteiger partial charge in [0.2, 0.25) is 0 Å². The summed E-state index contributed by atoms with van der Waals surface area (Å²) in [7, 11) is 0. The van der Waals surface area contributed by atoms with E-state index in [0.717, 1.165) is 4.88 Å². The van der Waals surface area contributed by atoms with E-state index in [1.807, 2.05) is 26.8 Å². The number of carbonyl (C=O) groups excluding carboxylic acids is 1. The molecule has 0 aromatic carbocycles. The first-order valence-corrected chi connectivity index (χ1v) is 7.01. The molecule has 19 heavy (non-hydrogen) atoms. The number of hydrogen-bond donors (Lipinski definition) is 2. The zero-order valence-corrected chi connectivity index (χ0v) is 12.4. The van der Waals surface area contributed by atoms with Gasteiger partial charge in [0.25, 0.3) is 5.91 Å². The van der Waals surface area contributed by atoms with Crippen LogP contribution in [0.3, 0.4) is 0 Å². The van der Waals surface area contributed by atoms with Crippen LogP contribution in [0.4, 0.5) is 0 Å². The SMILES string of the molecule is CCOC(C)(C)CNC(=O)c1ccc(C#CCN)s1. The summed E-state index contributed by atoms with van der Waals surface area (Å²) in [5.74, 6) is 5.58. The van der Waals surface area contributed by atoms with Gasteiger partial charge in [0.15, 0.2) is 0 Å². The monoisotopic (exact) mass is 280 g/mol. The van der Waals surface area contributed by atoms with Crippen LogP contribution < -0.4 is 11.1 Å². The van der Waals surface area contributed by atoms with Crippen molar-refractivity contribution in [2.45, 2.75) is 26.4 Å². The number of hydrogen-bond acceptors (Lipinski definition) is 4. The highest BCUT2D eigenvalue weighted by atomic mass is 32.1. The second-order valence-corrected chi connectivity index (χ2v) is 5.63. The molecule has 0 aliphatic heterocycles. The molecule has 1 aromatic heterocycles. The zero-order valence-electron chi connectivity index (χ0n) is 11.6. The molecule has 4 nitrogen and oxygen atoms in total. The molecule has 1 amide bonds. The topological polar surface area (TPSA) is 64.3 Å². The van der Waals surface area contributed by atoms with Crippen molar-refractivity contribution in [2.75, 3.05) is 19.7 Å². The summed E-state index contributed by atoms with van der Waals surface area (Å²) >= 11 is 1.36. The van der Waals surface area contributed by atoms with E-state index in [2.05, 4.69) is 17.2 Å². The first-order valence-electron chi connectivity index (χ1n) is 6.19. The molecule has 1 heterocycles. The van der Waals surface area contributed by atoms with Gasteiger partial charge in [-0.15, -0.1) is 11.3 Å². The number of rotatable bonds is 5. The molecule has 0 aliphatic carbocycles. The lowest BCUT2D eigenvalue weighted by Crippen LogP contribution is -2.40. The summed E-state index contributed by atoms with van der Waals surface area (Å²) in [5.41, 5.74) is 4.95. The molecule has 0 spiro atoms. The molecular formula is C14H20N2O2S. The van der Waals surface area contributed by atoms with E-state index in [9.17, 15) is 4.79 Å². The molecule has 3 N–H and O–H groups in total. The molecule has 0 unspecified atom stereocenters. The van der Waals surface area contributed by atoms with Crippen LogP contribution in [0.5, 0.6) is 0 Å². The van der Waals surface area contributed by atoms with Gasteiger partial charge < -0.3 is 15.8 Å². The third kappa shape index (κ3) is 5.43. The third-order valence-electron chi connectivity index (χ3n) is 2.35. The van der Waals surface area contributed by atoms with Crippen LogP contribution in [0.25, 0.3) is 0 Å². The Morgan fingerprint density at radius 3 is 2.89 bits per heavy atom. The molecule has 1 rings (SSSR count). The fourth-order valence-corrected chi connectivity index (χ4v) is 2.28. The van der Waals surface area contributed by atoms with Gasteiger partial charge in [-0.05, 0) is 32.9 Å². The highest BCUT2D eigenvalue weighted by Gasteiger charge is 2.19. The van der Waals surface area contributed by atoms with Gasteiger partial charge in [-0.3, -0.25) is 4.79 Å².